The molecule has 7 amide bonds. The van der Waals surface area contributed by atoms with E-state index in [0.717, 1.165) is 0 Å². The summed E-state index contributed by atoms with van der Waals surface area (Å²) in [5, 5.41) is 19.4. The highest BCUT2D eigenvalue weighted by atomic mass is 35.5. The number of alkyl halides is 2. The van der Waals surface area contributed by atoms with Crippen LogP contribution < -0.4 is 5.90 Å². The first-order valence-electron chi connectivity index (χ1n) is 24.0. The molecular weight excluding hydrogens is 1080 g/mol. The van der Waals surface area contributed by atoms with Crippen LogP contribution in [0.15, 0.2) is 48.5 Å². The molecule has 0 aliphatic carbocycles. The molecule has 2 aromatic rings. The van der Waals surface area contributed by atoms with Crippen LogP contribution in [0.5, 0.6) is 0 Å². The number of hydrogen-bond acceptors (Lipinski definition) is 21. The highest BCUT2D eigenvalue weighted by Gasteiger charge is 2.47. The third-order valence-corrected chi connectivity index (χ3v) is 11.1. The third-order valence-electron chi connectivity index (χ3n) is 11.1. The molecule has 3 fully saturated rings. The lowest BCUT2D eigenvalue weighted by molar-refractivity contribution is -0.146. The summed E-state index contributed by atoms with van der Waals surface area (Å²) in [6.07, 6.45) is -3.17. The predicted molar refractivity (Wildman–Crippen MR) is 272 cm³/mol. The zero-order valence-corrected chi connectivity index (χ0v) is 46.9. The van der Waals surface area contributed by atoms with Crippen LogP contribution in [0.2, 0.25) is 0 Å². The van der Waals surface area contributed by atoms with Gasteiger partial charge in [0.15, 0.2) is 0 Å². The Morgan fingerprint density at radius 1 is 0.538 bits per heavy atom. The molecule has 0 aromatic heterocycles. The number of carbonyl (C=O) groups excluding carboxylic acids is 10. The van der Waals surface area contributed by atoms with Crippen molar-refractivity contribution in [2.45, 2.75) is 135 Å². The van der Waals surface area contributed by atoms with Gasteiger partial charge < -0.3 is 33.5 Å². The number of rotatable bonds is 6. The van der Waals surface area contributed by atoms with E-state index >= 15 is 0 Å². The summed E-state index contributed by atoms with van der Waals surface area (Å²) in [7, 11) is 3.74. The Morgan fingerprint density at radius 2 is 0.833 bits per heavy atom. The van der Waals surface area contributed by atoms with Crippen molar-refractivity contribution in [1.29, 1.82) is 0 Å². The van der Waals surface area contributed by atoms with E-state index < -0.39 is 107 Å². The Morgan fingerprint density at radius 3 is 1.15 bits per heavy atom. The molecule has 26 nitrogen and oxygen atoms in total. The highest BCUT2D eigenvalue weighted by molar-refractivity contribution is 6.40. The molecule has 0 spiro atoms. The number of methoxy groups -OCH3 is 3. The minimum Gasteiger partial charge on any atom is -0.467 e. The van der Waals surface area contributed by atoms with E-state index in [1.807, 2.05) is 0 Å². The third kappa shape index (κ3) is 17.9. The molecular formula is C50H68Cl2N6O20. The normalized spacial score (nSPS) is 21.3. The van der Waals surface area contributed by atoms with Crippen molar-refractivity contribution < 1.29 is 96.4 Å². The average Bonchev–Trinajstić information content (AvgIpc) is 4.19. The zero-order valence-electron chi connectivity index (χ0n) is 45.3. The van der Waals surface area contributed by atoms with Gasteiger partial charge in [-0.1, -0.05) is 24.3 Å². The van der Waals surface area contributed by atoms with Gasteiger partial charge in [-0.2, -0.15) is 0 Å². The van der Waals surface area contributed by atoms with Gasteiger partial charge in [-0.05, 0) is 86.6 Å². The first-order valence-corrected chi connectivity index (χ1v) is 25.0. The Hall–Kier alpha value is -6.68. The lowest BCUT2D eigenvalue weighted by atomic mass is 10.1. The number of nitrogens with two attached hydrogens (primary N) is 1. The quantitative estimate of drug-likeness (QED) is 0.0872. The van der Waals surface area contributed by atoms with E-state index in [1.54, 1.807) is 86.6 Å². The van der Waals surface area contributed by atoms with Crippen LogP contribution in [-0.4, -0.2) is 194 Å². The number of β-amino-alcohol motifs (C(OH)–C–C–N with tert-alkyl or cyclic N) is 1. The van der Waals surface area contributed by atoms with E-state index in [4.69, 9.17) is 58.1 Å². The molecule has 4 N–H and O–H groups in total. The number of benzene rings is 2. The molecule has 0 saturated carbocycles. The van der Waals surface area contributed by atoms with Crippen LogP contribution in [-0.2, 0) is 52.5 Å². The smallest absolute Gasteiger partial charge is 0.411 e. The highest BCUT2D eigenvalue weighted by Crippen LogP contribution is 2.30. The van der Waals surface area contributed by atoms with Gasteiger partial charge in [-0.3, -0.25) is 48.8 Å². The molecule has 78 heavy (non-hydrogen) atoms. The molecule has 7 rings (SSSR count). The van der Waals surface area contributed by atoms with Crippen LogP contribution in [0, 0.1) is 0 Å². The Labute approximate surface area is 460 Å². The SMILES string of the molecule is COC(=O)[C@@H]1C[C@@H](O)CN1C(=O)OC(C)(C)C.COC(=O)[C@@H]1C[C@@H](ON)CN1C(=O)OC(C)(C)C.COC(=O)[C@@H]1C[C@@H](ON2C(=O)c3ccccc3C2=O)CN1C(=O)OC(C)(C)C.ClCCl.O=C1c2ccccc2C(=O)N1O. The second-order valence-electron chi connectivity index (χ2n) is 20.4. The van der Waals surface area contributed by atoms with Gasteiger partial charge in [-0.25, -0.2) is 34.7 Å². The van der Waals surface area contributed by atoms with Crippen LogP contribution >= 0.6 is 23.2 Å². The molecule has 5 heterocycles. The number of ether oxygens (including phenoxy) is 6. The summed E-state index contributed by atoms with van der Waals surface area (Å²) in [6, 6.07) is 10.3. The van der Waals surface area contributed by atoms with E-state index in [1.165, 1.54) is 60.3 Å². The summed E-state index contributed by atoms with van der Waals surface area (Å²) in [6.45, 7) is 15.9. The number of hydrogen-bond donors (Lipinski definition) is 3. The first-order chi connectivity index (χ1) is 36.3. The molecule has 6 atom stereocenters. The molecule has 0 bridgehead atoms. The number of likely N-dealkylation sites (tertiary alicyclic amines) is 3. The van der Waals surface area contributed by atoms with E-state index in [9.17, 15) is 53.1 Å². The van der Waals surface area contributed by atoms with E-state index in [0.29, 0.717) is 11.5 Å². The lowest BCUT2D eigenvalue weighted by Gasteiger charge is -2.27. The maximum absolute atomic E-state index is 12.5. The van der Waals surface area contributed by atoms with Gasteiger partial charge in [0.1, 0.15) is 41.0 Å². The van der Waals surface area contributed by atoms with Crippen molar-refractivity contribution in [3.63, 3.8) is 0 Å². The predicted octanol–water partition coefficient (Wildman–Crippen LogP) is 4.82. The van der Waals surface area contributed by atoms with Crippen LogP contribution in [0.25, 0.3) is 0 Å². The maximum Gasteiger partial charge on any atom is 0.411 e. The Kier molecular flexibility index (Phi) is 23.8. The van der Waals surface area contributed by atoms with Gasteiger partial charge in [0.25, 0.3) is 23.6 Å². The average molecular weight is 1140 g/mol. The van der Waals surface area contributed by atoms with Crippen molar-refractivity contribution in [2.24, 2.45) is 5.90 Å². The number of aliphatic hydroxyl groups is 1. The van der Waals surface area contributed by atoms with Crippen molar-refractivity contribution in [2.75, 3.05) is 46.3 Å². The van der Waals surface area contributed by atoms with Gasteiger partial charge in [0, 0.05) is 19.3 Å². The number of esters is 3. The number of carbonyl (C=O) groups is 10. The number of halogens is 2. The number of aliphatic hydroxyl groups excluding tert-OH is 1. The summed E-state index contributed by atoms with van der Waals surface area (Å²) in [5.74, 6) is 0.967. The minimum absolute atomic E-state index is 0.0257. The molecule has 5 aliphatic heterocycles. The minimum atomic E-state index is -0.931. The molecule has 3 saturated heterocycles. The largest absolute Gasteiger partial charge is 0.467 e. The molecule has 0 unspecified atom stereocenters. The monoisotopic (exact) mass is 1140 g/mol. The molecule has 0 radical (unpaired) electrons. The second kappa shape index (κ2) is 28.3. The number of fused-ring (bicyclic) bond motifs is 2. The van der Waals surface area contributed by atoms with Crippen molar-refractivity contribution in [3.8, 4) is 0 Å². The Bertz CT molecular complexity index is 2440. The maximum atomic E-state index is 12.5. The van der Waals surface area contributed by atoms with Gasteiger partial charge in [0.05, 0.1) is 80.8 Å². The molecule has 5 aliphatic rings. The standard InChI is InChI=1S/C19H22N2O7.C11H20N2O5.C11H19NO5.C8H5NO3.CH2Cl2/c1-19(2,3)27-18(25)20-10-11(9-14(20)17(24)26-4)28-21-15(22)12-7-5-6-8-13(12)16(21)23;1-11(2,3)17-10(15)13-6-7(18-12)5-8(13)9(14)16-4;1-11(2,3)17-10(15)12-6-7(13)5-8(12)9(14)16-4;10-7-5-3-1-2-4-6(5)8(11)9(7)12;2-1-3/h5-8,11,14H,9-10H2,1-4H3;7-8H,5-6,12H2,1-4H3;7-8,13H,5-6H2,1-4H3;1-4,12H;1H2/t11-,14+;2*7-,8+;;/m111../s1. The zero-order chi connectivity index (χ0) is 59.2. The van der Waals surface area contributed by atoms with Crippen LogP contribution in [0.1, 0.15) is 123 Å². The lowest BCUT2D eigenvalue weighted by Crippen LogP contribution is -2.44. The summed E-state index contributed by atoms with van der Waals surface area (Å²) in [4.78, 5) is 132. The van der Waals surface area contributed by atoms with Crippen molar-refractivity contribution in [3.05, 3.63) is 70.8 Å². The number of nitrogens with zero attached hydrogens (tertiary/aromatic N) is 5. The summed E-state index contributed by atoms with van der Waals surface area (Å²) >= 11 is 9.53. The van der Waals surface area contributed by atoms with E-state index in [-0.39, 0.29) is 71.2 Å². The second-order valence-corrected chi connectivity index (χ2v) is 21.2. The number of imide groups is 2. The van der Waals surface area contributed by atoms with Crippen molar-refractivity contribution >= 4 is 83.0 Å². The molecule has 2 aromatic carbocycles. The fourth-order valence-electron chi connectivity index (χ4n) is 7.82. The molecule has 28 heteroatoms. The van der Waals surface area contributed by atoms with Crippen molar-refractivity contribution in [1.82, 2.24) is 24.8 Å². The topological polar surface area (TPSA) is 327 Å². The number of hydroxylamine groups is 4. The van der Waals surface area contributed by atoms with E-state index in [2.05, 4.69) is 14.3 Å². The van der Waals surface area contributed by atoms with Crippen LogP contribution in [0.4, 0.5) is 14.4 Å². The first kappa shape index (κ1) is 65.6. The van der Waals surface area contributed by atoms with Gasteiger partial charge in [-0.15, -0.1) is 33.3 Å². The van der Waals surface area contributed by atoms with Crippen LogP contribution in [0.3, 0.4) is 0 Å². The Balaban J connectivity index is 0.000000280. The van der Waals surface area contributed by atoms with Gasteiger partial charge in [0.2, 0.25) is 0 Å². The fourth-order valence-corrected chi connectivity index (χ4v) is 7.82. The molecule has 432 valence electrons. The number of amides is 7. The van der Waals surface area contributed by atoms with Gasteiger partial charge >= 0.3 is 36.2 Å². The summed E-state index contributed by atoms with van der Waals surface area (Å²) in [5.41, 5.74) is -1.00. The fraction of sp³-hybridized carbons (Fsp3) is 0.560. The summed E-state index contributed by atoms with van der Waals surface area (Å²) < 4.78 is 29.7.